The predicted molar refractivity (Wildman–Crippen MR) is 107 cm³/mol. The number of para-hydroxylation sites is 1. The highest BCUT2D eigenvalue weighted by molar-refractivity contribution is 5.61. The van der Waals surface area contributed by atoms with Crippen LogP contribution in [0.5, 0.6) is 0 Å². The number of nitrogens with zero attached hydrogens (tertiary/aromatic N) is 4. The quantitative estimate of drug-likeness (QED) is 0.654. The Morgan fingerprint density at radius 3 is 2.33 bits per heavy atom. The zero-order chi connectivity index (χ0) is 18.3. The molecule has 2 aromatic carbocycles. The largest absolute Gasteiger partial charge is 0.379 e. The third-order valence-electron chi connectivity index (χ3n) is 4.75. The number of benzene rings is 2. The number of aromatic nitrogens is 3. The maximum atomic E-state index is 5.41. The van der Waals surface area contributed by atoms with Crippen LogP contribution in [0.3, 0.4) is 0 Å². The van der Waals surface area contributed by atoms with Crippen LogP contribution in [0.1, 0.15) is 6.42 Å². The van der Waals surface area contributed by atoms with Gasteiger partial charge in [0, 0.05) is 25.2 Å². The average Bonchev–Trinajstić information content (AvgIpc) is 3.17. The molecule has 4 rings (SSSR count). The topological polar surface area (TPSA) is 55.2 Å². The maximum absolute atomic E-state index is 5.41. The van der Waals surface area contributed by atoms with E-state index < -0.39 is 0 Å². The smallest absolute Gasteiger partial charge is 0.229 e. The number of hydrogen-bond donors (Lipinski definition) is 1. The van der Waals surface area contributed by atoms with Crippen LogP contribution >= 0.6 is 0 Å². The van der Waals surface area contributed by atoms with Crippen molar-refractivity contribution in [2.45, 2.75) is 6.42 Å². The van der Waals surface area contributed by atoms with Gasteiger partial charge in [0.15, 0.2) is 5.82 Å². The molecule has 1 aliphatic rings. The summed E-state index contributed by atoms with van der Waals surface area (Å²) >= 11 is 0. The Morgan fingerprint density at radius 2 is 1.59 bits per heavy atom. The monoisotopic (exact) mass is 363 g/mol. The first-order valence-electron chi connectivity index (χ1n) is 9.52. The molecular formula is C21H25N5O. The Kier molecular flexibility index (Phi) is 5.76. The van der Waals surface area contributed by atoms with Gasteiger partial charge in [0.1, 0.15) is 0 Å². The van der Waals surface area contributed by atoms with E-state index >= 15 is 0 Å². The first-order valence-corrected chi connectivity index (χ1v) is 9.52. The summed E-state index contributed by atoms with van der Waals surface area (Å²) in [4.78, 5) is 2.45. The van der Waals surface area contributed by atoms with Gasteiger partial charge < -0.3 is 10.1 Å². The van der Waals surface area contributed by atoms with Crippen molar-refractivity contribution in [1.82, 2.24) is 19.7 Å². The summed E-state index contributed by atoms with van der Waals surface area (Å²) in [6.45, 7) is 5.67. The van der Waals surface area contributed by atoms with E-state index in [2.05, 4.69) is 49.2 Å². The molecule has 0 atom stereocenters. The normalized spacial score (nSPS) is 15.0. The number of hydrogen-bond acceptors (Lipinski definition) is 5. The molecule has 6 heteroatoms. The van der Waals surface area contributed by atoms with E-state index in [9.17, 15) is 0 Å². The molecule has 27 heavy (non-hydrogen) atoms. The third-order valence-corrected chi connectivity index (χ3v) is 4.75. The minimum absolute atomic E-state index is 0.780. The molecule has 3 aromatic rings. The average molecular weight is 363 g/mol. The molecule has 0 radical (unpaired) electrons. The van der Waals surface area contributed by atoms with Crippen LogP contribution in [0.15, 0.2) is 60.7 Å². The Bertz CT molecular complexity index is 828. The molecule has 6 nitrogen and oxygen atoms in total. The van der Waals surface area contributed by atoms with E-state index in [1.807, 2.05) is 36.4 Å². The second-order valence-corrected chi connectivity index (χ2v) is 6.62. The Labute approximate surface area is 159 Å². The molecule has 0 aliphatic carbocycles. The number of anilines is 1. The molecule has 1 saturated heterocycles. The van der Waals surface area contributed by atoms with Gasteiger partial charge in [-0.05, 0) is 25.1 Å². The standard InChI is InChI=1S/C21H25N5O/c1-3-8-18(9-4-1)20-23-24-21(26(20)19-10-5-2-6-11-19)22-12-7-13-25-14-16-27-17-15-25/h1-6,8-11H,7,12-17H2,(H,22,24). The predicted octanol–water partition coefficient (Wildman–Crippen LogP) is 3.07. The van der Waals surface area contributed by atoms with E-state index in [4.69, 9.17) is 4.74 Å². The zero-order valence-electron chi connectivity index (χ0n) is 15.4. The molecule has 0 amide bonds. The lowest BCUT2D eigenvalue weighted by atomic mass is 10.2. The van der Waals surface area contributed by atoms with Gasteiger partial charge in [0.25, 0.3) is 0 Å². The Balaban J connectivity index is 1.49. The number of morpholine rings is 1. The van der Waals surface area contributed by atoms with Crippen molar-refractivity contribution in [2.75, 3.05) is 44.7 Å². The van der Waals surface area contributed by atoms with Crippen LogP contribution in [0.4, 0.5) is 5.95 Å². The summed E-state index contributed by atoms with van der Waals surface area (Å²) in [5.41, 5.74) is 2.10. The van der Waals surface area contributed by atoms with Crippen LogP contribution in [-0.4, -0.2) is 59.1 Å². The molecule has 1 fully saturated rings. The second kappa shape index (κ2) is 8.79. The molecule has 0 unspecified atom stereocenters. The highest BCUT2D eigenvalue weighted by Crippen LogP contribution is 2.24. The maximum Gasteiger partial charge on any atom is 0.229 e. The van der Waals surface area contributed by atoms with Crippen molar-refractivity contribution in [3.8, 4) is 17.1 Å². The molecule has 0 bridgehead atoms. The highest BCUT2D eigenvalue weighted by Gasteiger charge is 2.15. The van der Waals surface area contributed by atoms with Gasteiger partial charge >= 0.3 is 0 Å². The number of ether oxygens (including phenoxy) is 1. The molecule has 0 saturated carbocycles. The van der Waals surface area contributed by atoms with Crippen molar-refractivity contribution in [2.24, 2.45) is 0 Å². The van der Waals surface area contributed by atoms with E-state index in [0.717, 1.165) is 68.8 Å². The Morgan fingerprint density at radius 1 is 0.889 bits per heavy atom. The summed E-state index contributed by atoms with van der Waals surface area (Å²) in [5.74, 6) is 1.62. The molecule has 1 aromatic heterocycles. The second-order valence-electron chi connectivity index (χ2n) is 6.62. The van der Waals surface area contributed by atoms with Gasteiger partial charge in [0.2, 0.25) is 5.95 Å². The van der Waals surface area contributed by atoms with E-state index in [-0.39, 0.29) is 0 Å². The minimum atomic E-state index is 0.780. The van der Waals surface area contributed by atoms with E-state index in [0.29, 0.717) is 0 Å². The number of rotatable bonds is 7. The SMILES string of the molecule is c1ccc(-c2nnc(NCCCN3CCOCC3)n2-c2ccccc2)cc1. The zero-order valence-corrected chi connectivity index (χ0v) is 15.4. The van der Waals surface area contributed by atoms with Crippen molar-refractivity contribution in [3.63, 3.8) is 0 Å². The summed E-state index contributed by atoms with van der Waals surface area (Å²) in [6, 6.07) is 20.4. The van der Waals surface area contributed by atoms with Crippen LogP contribution in [0, 0.1) is 0 Å². The van der Waals surface area contributed by atoms with Crippen LogP contribution in [0.2, 0.25) is 0 Å². The fourth-order valence-electron chi connectivity index (χ4n) is 3.32. The first kappa shape index (κ1) is 17.7. The molecule has 2 heterocycles. The lowest BCUT2D eigenvalue weighted by Crippen LogP contribution is -2.37. The molecule has 140 valence electrons. The van der Waals surface area contributed by atoms with Gasteiger partial charge in [-0.2, -0.15) is 0 Å². The van der Waals surface area contributed by atoms with Gasteiger partial charge in [-0.1, -0.05) is 48.5 Å². The lowest BCUT2D eigenvalue weighted by molar-refractivity contribution is 0.0378. The molecular weight excluding hydrogens is 338 g/mol. The van der Waals surface area contributed by atoms with E-state index in [1.165, 1.54) is 0 Å². The van der Waals surface area contributed by atoms with Crippen LogP contribution < -0.4 is 5.32 Å². The van der Waals surface area contributed by atoms with Crippen LogP contribution in [0.25, 0.3) is 17.1 Å². The summed E-state index contributed by atoms with van der Waals surface area (Å²) in [5, 5.41) is 12.3. The summed E-state index contributed by atoms with van der Waals surface area (Å²) in [7, 11) is 0. The van der Waals surface area contributed by atoms with Crippen molar-refractivity contribution < 1.29 is 4.74 Å². The first-order chi connectivity index (χ1) is 13.4. The third kappa shape index (κ3) is 4.35. The summed E-state index contributed by atoms with van der Waals surface area (Å²) < 4.78 is 7.49. The summed E-state index contributed by atoms with van der Waals surface area (Å²) in [6.07, 6.45) is 1.06. The van der Waals surface area contributed by atoms with E-state index in [1.54, 1.807) is 0 Å². The van der Waals surface area contributed by atoms with Crippen LogP contribution in [-0.2, 0) is 4.74 Å². The lowest BCUT2D eigenvalue weighted by Gasteiger charge is -2.26. The number of nitrogens with one attached hydrogen (secondary N) is 1. The van der Waals surface area contributed by atoms with Crippen molar-refractivity contribution in [3.05, 3.63) is 60.7 Å². The molecule has 1 N–H and O–H groups in total. The van der Waals surface area contributed by atoms with Gasteiger partial charge in [0.05, 0.1) is 18.9 Å². The Hall–Kier alpha value is -2.70. The highest BCUT2D eigenvalue weighted by atomic mass is 16.5. The van der Waals surface area contributed by atoms with Crippen molar-refractivity contribution in [1.29, 1.82) is 0 Å². The van der Waals surface area contributed by atoms with Crippen molar-refractivity contribution >= 4 is 5.95 Å². The fourth-order valence-corrected chi connectivity index (χ4v) is 3.32. The van der Waals surface area contributed by atoms with Gasteiger partial charge in [-0.15, -0.1) is 10.2 Å². The van der Waals surface area contributed by atoms with Gasteiger partial charge in [-0.25, -0.2) is 0 Å². The fraction of sp³-hybridized carbons (Fsp3) is 0.333. The molecule has 0 spiro atoms. The minimum Gasteiger partial charge on any atom is -0.379 e. The molecule has 1 aliphatic heterocycles. The van der Waals surface area contributed by atoms with Gasteiger partial charge in [-0.3, -0.25) is 9.47 Å².